The summed E-state index contributed by atoms with van der Waals surface area (Å²) in [6.45, 7) is 2.56. The largest absolute Gasteiger partial charge is 0.504 e. The van der Waals surface area contributed by atoms with Crippen LogP contribution in [0.4, 0.5) is 0 Å². The number of ether oxygens (including phenoxy) is 1. The smallest absolute Gasteiger partial charge is 0.202 e. The highest BCUT2D eigenvalue weighted by Gasteiger charge is 2.71. The van der Waals surface area contributed by atoms with E-state index in [0.717, 1.165) is 133 Å². The molecule has 14 nitrogen and oxygen atoms in total. The van der Waals surface area contributed by atoms with Crippen LogP contribution >= 0.6 is 0 Å². The number of aryl methyl sites for hydroxylation is 2. The Hall–Kier alpha value is -6.31. The number of ketones is 2. The standard InChI is InChI=1S/C79H102N8O6/c1-93-70-40-65-56(38-69(70)91)33-59-46-85-73(80)41-66(59)53(30-50-14-8-13-49(29-50)20-19-48-11-4-2-5-12-48)17-9-27-84-77(81)86-61-34-54-23-25-79-71-22-21-51(31-62(89)39-63(90)36-60(65)47-88)42-78(71,43-67-64-24-28-82-45-58(64)32-55-18-10-26-83-75(55)67)44-72(79)87-68(37-57(35-61)74(54)79)76(92)52-15-6-3-7-16-52/h2,4-5,8,10-14,18,29,36-38,40-41,46,51-55,58,61,64,67-68,71-76,82-83,85,87-88,91-92H,3,6-7,15-17,19-26,28,30-35,39,42-45,47,80H2,1H3,(H3,81,84,86)/b60-36+/t51-,53+,54-,55+,58-,61+,64+,67+,68-,71+,72-,73?,74-,75-,76-,78-,79+/m1/s1. The van der Waals surface area contributed by atoms with Crippen LogP contribution in [0.5, 0.6) is 11.5 Å². The highest BCUT2D eigenvalue weighted by molar-refractivity contribution is 6.08. The Labute approximate surface area is 551 Å². The molecule has 0 radical (unpaired) electrons. The number of Topliss-reactive ketones (excluding diaryl/α,β-unsaturated/α-hetero) is 1. The van der Waals surface area contributed by atoms with Crippen LogP contribution in [0.15, 0.2) is 125 Å². The molecule has 14 heteroatoms. The molecule has 93 heavy (non-hydrogen) atoms. The van der Waals surface area contributed by atoms with Crippen LogP contribution in [0.3, 0.4) is 0 Å². The first-order valence-electron chi connectivity index (χ1n) is 36.0. The van der Waals surface area contributed by atoms with Crippen LogP contribution in [-0.4, -0.2) is 103 Å². The average Bonchev–Trinajstić information content (AvgIpc) is 1.52. The first kappa shape index (κ1) is 64.1. The lowest BCUT2D eigenvalue weighted by atomic mass is 9.50. The summed E-state index contributed by atoms with van der Waals surface area (Å²) in [4.78, 5) is 34.3. The van der Waals surface area contributed by atoms with Gasteiger partial charge in [0.1, 0.15) is 5.78 Å². The third kappa shape index (κ3) is 13.3. The predicted octanol–water partition coefficient (Wildman–Crippen LogP) is 9.82. The SMILES string of the molecule is COc1cc2c(cc1O)CC1=CNC(N)C=C1[C@H](Cc1cccc(CCc3ccccc3)c1)CC#CN=C(N)N[C@@H]1CC3=C[C@H]([C@H](O)C4CCCCC4)N[C@@H]4C[C@]5(C[C@H]6[C@H]7CCNC[C@H]7C[C@@H]7C=CCN[C@@H]67)C[C@H](CC[C@@H]5[C@@]45CC[C@H](C1)[C@H]35)CC(=O)CC(=O)/C=C/2CO. The Morgan fingerprint density at radius 2 is 1.73 bits per heavy atom. The first-order valence-corrected chi connectivity index (χ1v) is 36.0. The number of methoxy groups -OCH3 is 1. The van der Waals surface area contributed by atoms with Gasteiger partial charge in [-0.05, 0) is 261 Å². The van der Waals surface area contributed by atoms with Crippen molar-refractivity contribution < 1.29 is 29.6 Å². The molecule has 14 aliphatic rings. The molecule has 7 fully saturated rings. The Morgan fingerprint density at radius 3 is 2.58 bits per heavy atom. The summed E-state index contributed by atoms with van der Waals surface area (Å²) < 4.78 is 5.69. The van der Waals surface area contributed by atoms with Gasteiger partial charge in [0, 0.05) is 49.8 Å². The number of phenols is 1. The van der Waals surface area contributed by atoms with Gasteiger partial charge in [0.05, 0.1) is 38.4 Å². The van der Waals surface area contributed by atoms with Crippen molar-refractivity contribution >= 4 is 23.1 Å². The number of rotatable bonds is 11. The van der Waals surface area contributed by atoms with E-state index >= 15 is 0 Å². The van der Waals surface area contributed by atoms with Crippen molar-refractivity contribution in [3.8, 4) is 23.5 Å². The monoisotopic (exact) mass is 1260 g/mol. The Kier molecular flexibility index (Phi) is 19.1. The fraction of sp³-hybridized carbons (Fsp3) is 0.582. The van der Waals surface area contributed by atoms with Crippen LogP contribution in [0.1, 0.15) is 150 Å². The maximum Gasteiger partial charge on any atom is 0.202 e. The Bertz CT molecular complexity index is 3500. The van der Waals surface area contributed by atoms with Crippen LogP contribution in [0.2, 0.25) is 0 Å². The number of aliphatic hydroxyl groups excluding tert-OH is 2. The lowest BCUT2D eigenvalue weighted by Gasteiger charge is -2.56. The number of allylic oxidation sites excluding steroid dienone is 3. The van der Waals surface area contributed by atoms with Gasteiger partial charge in [0.15, 0.2) is 17.3 Å². The number of carbonyl (C=O) groups is 2. The number of nitrogens with zero attached hydrogens (tertiary/aromatic N) is 1. The van der Waals surface area contributed by atoms with Crippen LogP contribution in [0.25, 0.3) is 5.57 Å². The lowest BCUT2D eigenvalue weighted by molar-refractivity contribution is -0.126. The maximum atomic E-state index is 14.9. The summed E-state index contributed by atoms with van der Waals surface area (Å²) in [6.07, 6.45) is 32.5. The fourth-order valence-electron chi connectivity index (χ4n) is 21.7. The minimum absolute atomic E-state index is 0.00613. The molecular weight excluding hydrogens is 1160 g/mol. The summed E-state index contributed by atoms with van der Waals surface area (Å²) in [5, 5.41) is 55.1. The molecule has 17 atom stereocenters. The molecule has 6 saturated carbocycles. The Morgan fingerprint density at radius 1 is 0.892 bits per heavy atom. The van der Waals surface area contributed by atoms with Gasteiger partial charge in [-0.15, -0.1) is 0 Å². The summed E-state index contributed by atoms with van der Waals surface area (Å²) in [7, 11) is 1.49. The molecule has 3 aromatic carbocycles. The number of aliphatic imine (C=N–C) groups is 1. The minimum Gasteiger partial charge on any atom is -0.504 e. The number of nitrogens with one attached hydrogen (secondary N) is 5. The van der Waals surface area contributed by atoms with E-state index in [-0.39, 0.29) is 76.2 Å². The fourth-order valence-corrected chi connectivity index (χ4v) is 21.7. The van der Waals surface area contributed by atoms with E-state index in [4.69, 9.17) is 21.2 Å². The lowest BCUT2D eigenvalue weighted by Crippen LogP contribution is -2.57. The van der Waals surface area contributed by atoms with Gasteiger partial charge in [-0.1, -0.05) is 104 Å². The van der Waals surface area contributed by atoms with Gasteiger partial charge in [-0.3, -0.25) is 9.59 Å². The van der Waals surface area contributed by atoms with Gasteiger partial charge < -0.3 is 58.1 Å². The number of piperidine rings is 1. The van der Waals surface area contributed by atoms with Crippen molar-refractivity contribution in [3.63, 3.8) is 0 Å². The zero-order chi connectivity index (χ0) is 63.8. The third-order valence-corrected chi connectivity index (χ3v) is 25.3. The normalized spacial score (nSPS) is 36.2. The molecule has 1 unspecified atom stereocenters. The second-order valence-corrected chi connectivity index (χ2v) is 30.6. The molecule has 1 spiro atoms. The summed E-state index contributed by atoms with van der Waals surface area (Å²) in [6, 6.07) is 26.4. The van der Waals surface area contributed by atoms with E-state index in [0.29, 0.717) is 95.8 Å². The highest BCUT2D eigenvalue weighted by Crippen LogP contribution is 2.74. The zero-order valence-corrected chi connectivity index (χ0v) is 54.8. The number of aromatic hydroxyl groups is 1. The number of phenolic OH excluding ortho intramolecular Hbond substituents is 1. The topological polar surface area (TPSA) is 229 Å². The van der Waals surface area contributed by atoms with E-state index in [9.17, 15) is 24.9 Å². The number of dihydropyridines is 1. The minimum atomic E-state index is -0.486. The van der Waals surface area contributed by atoms with E-state index < -0.39 is 18.9 Å². The number of benzene rings is 3. The van der Waals surface area contributed by atoms with Gasteiger partial charge >= 0.3 is 0 Å². The van der Waals surface area contributed by atoms with Gasteiger partial charge in [-0.25, -0.2) is 0 Å². The number of fused-ring (bicyclic) bond motifs is 2. The van der Waals surface area contributed by atoms with Crippen molar-refractivity contribution in [3.05, 3.63) is 148 Å². The molecule has 12 N–H and O–H groups in total. The molecule has 0 aromatic heterocycles. The number of carbonyl (C=O) groups excluding carboxylic acids is 2. The quantitative estimate of drug-likeness (QED) is 0.0491. The number of guanidine groups is 1. The van der Waals surface area contributed by atoms with Gasteiger partial charge in [0.25, 0.3) is 0 Å². The molecule has 6 aliphatic carbocycles. The molecule has 0 amide bonds. The molecule has 8 aliphatic heterocycles. The molecule has 3 aromatic rings. The molecule has 494 valence electrons. The summed E-state index contributed by atoms with van der Waals surface area (Å²) in [5.41, 5.74) is 22.4. The third-order valence-electron chi connectivity index (χ3n) is 25.3. The number of aliphatic hydroxyl groups is 2. The van der Waals surface area contributed by atoms with Gasteiger partial charge in [0.2, 0.25) is 5.96 Å². The zero-order valence-electron chi connectivity index (χ0n) is 54.8. The van der Waals surface area contributed by atoms with E-state index in [1.807, 2.05) is 6.20 Å². The molecule has 17 rings (SSSR count). The molecule has 8 heterocycles. The molecule has 8 bridgehead atoms. The van der Waals surface area contributed by atoms with Crippen LogP contribution < -0.4 is 42.8 Å². The van der Waals surface area contributed by atoms with Crippen molar-refractivity contribution in [2.24, 2.45) is 86.5 Å². The first-order chi connectivity index (χ1) is 45.3. The van der Waals surface area contributed by atoms with E-state index in [1.54, 1.807) is 12.1 Å². The van der Waals surface area contributed by atoms with Crippen LogP contribution in [-0.2, 0) is 35.3 Å². The number of hydrogen-bond donors (Lipinski definition) is 10. The van der Waals surface area contributed by atoms with E-state index in [1.165, 1.54) is 49.1 Å². The summed E-state index contributed by atoms with van der Waals surface area (Å²) in [5.74, 6) is 7.25. The Balaban J connectivity index is 0.842. The van der Waals surface area contributed by atoms with Crippen LogP contribution in [0, 0.1) is 82.0 Å². The highest BCUT2D eigenvalue weighted by atomic mass is 16.5. The molecule has 1 saturated heterocycles. The van der Waals surface area contributed by atoms with Gasteiger partial charge in [-0.2, -0.15) is 4.99 Å². The maximum absolute atomic E-state index is 14.9. The number of nitrogens with two attached hydrogens (primary N) is 2. The van der Waals surface area contributed by atoms with E-state index in [2.05, 4.69) is 117 Å². The van der Waals surface area contributed by atoms with Crippen molar-refractivity contribution in [1.82, 2.24) is 26.6 Å². The predicted molar refractivity (Wildman–Crippen MR) is 367 cm³/mol. The second-order valence-electron chi connectivity index (χ2n) is 30.6. The van der Waals surface area contributed by atoms with Crippen molar-refractivity contribution in [2.75, 3.05) is 33.4 Å². The molecular formula is C79H102N8O6. The van der Waals surface area contributed by atoms with Crippen molar-refractivity contribution in [2.45, 2.75) is 184 Å². The van der Waals surface area contributed by atoms with Crippen molar-refractivity contribution in [1.29, 1.82) is 0 Å². The number of hydrogen-bond acceptors (Lipinski definition) is 14. The average molecular weight is 1260 g/mol. The summed E-state index contributed by atoms with van der Waals surface area (Å²) >= 11 is 0. The second kappa shape index (κ2) is 27.8.